The van der Waals surface area contributed by atoms with Crippen LogP contribution in [0.5, 0.6) is 0 Å². The second-order valence-corrected chi connectivity index (χ2v) is 14.3. The van der Waals surface area contributed by atoms with Gasteiger partial charge in [-0.2, -0.15) is 0 Å². The van der Waals surface area contributed by atoms with Crippen LogP contribution in [0.25, 0.3) is 0 Å². The van der Waals surface area contributed by atoms with Crippen molar-refractivity contribution >= 4 is 12.2 Å². The molecule has 338 valence electrons. The average Bonchev–Trinajstić information content (AvgIpc) is 3.20. The van der Waals surface area contributed by atoms with Gasteiger partial charge in [0.05, 0.1) is 32.5 Å². The Morgan fingerprint density at radius 2 is 1.07 bits per heavy atom. The molecule has 0 aromatic heterocycles. The van der Waals surface area contributed by atoms with Crippen molar-refractivity contribution in [3.8, 4) is 0 Å². The highest BCUT2D eigenvalue weighted by Gasteiger charge is 2.56. The van der Waals surface area contributed by atoms with Crippen molar-refractivity contribution in [2.45, 2.75) is 161 Å². The van der Waals surface area contributed by atoms with E-state index in [1.54, 1.807) is 0 Å². The molecule has 1 amide bonds. The summed E-state index contributed by atoms with van der Waals surface area (Å²) in [6.45, 7) is -1.75. The third kappa shape index (κ3) is 10.6. The highest BCUT2D eigenvalue weighted by atomic mass is 16.8. The van der Waals surface area contributed by atoms with E-state index in [-0.39, 0.29) is 6.29 Å². The van der Waals surface area contributed by atoms with Crippen LogP contribution in [0.3, 0.4) is 0 Å². The number of nitrogens with one attached hydrogen (secondary N) is 1. The lowest BCUT2D eigenvalue weighted by atomic mass is 9.94. The van der Waals surface area contributed by atoms with E-state index in [9.17, 15) is 86.2 Å². The number of carbonyl (C=O) groups excluding carboxylic acids is 2. The molecule has 0 aliphatic carbocycles. The summed E-state index contributed by atoms with van der Waals surface area (Å²) in [5.74, 6) is -0.828. The molecule has 4 aliphatic rings. The lowest BCUT2D eigenvalue weighted by Gasteiger charge is -2.49. The molecular formula is C32H55NO25. The molecule has 26 nitrogen and oxygen atoms in total. The van der Waals surface area contributed by atoms with Gasteiger partial charge in [0.1, 0.15) is 116 Å². The molecule has 4 rings (SSSR count). The largest absolute Gasteiger partial charge is 0.394 e. The minimum atomic E-state index is -2.26. The highest BCUT2D eigenvalue weighted by molar-refractivity contribution is 5.73. The van der Waals surface area contributed by atoms with E-state index in [1.807, 2.05) is 0 Å². The first-order chi connectivity index (χ1) is 27.3. The monoisotopic (exact) mass is 853 g/mol. The van der Waals surface area contributed by atoms with E-state index in [4.69, 9.17) is 37.9 Å². The maximum Gasteiger partial charge on any atom is 0.217 e. The zero-order chi connectivity index (χ0) is 43.3. The van der Waals surface area contributed by atoms with E-state index in [0.717, 1.165) is 6.92 Å². The number of rotatable bonds is 17. The smallest absolute Gasteiger partial charge is 0.217 e. The van der Waals surface area contributed by atoms with Crippen LogP contribution in [0, 0.1) is 0 Å². The molecule has 0 radical (unpaired) electrons. The average molecular weight is 854 g/mol. The van der Waals surface area contributed by atoms with Crippen LogP contribution < -0.4 is 5.32 Å². The van der Waals surface area contributed by atoms with Crippen molar-refractivity contribution in [1.82, 2.24) is 5.32 Å². The normalized spacial score (nSPS) is 45.8. The number of hydrogen-bond donors (Lipinski definition) is 16. The molecule has 26 heteroatoms. The number of aliphatic hydroxyl groups excluding tert-OH is 15. The standard InChI is InChI=1S/C32H55NO25/c1-8-16(42)20(46)22(48)30(51-8)55-25(10(40)3-34)26(11(41)4-35)56-32-24(50)28(19(45)14(7-38)54-32)58-29-15(33-9(2)39)27(18(44)13(6-37)52-29)57-31-23(49)21(47)17(43)12(5-36)53-31/h3,8,10-32,35-38,40-50H,4-7H2,1-2H3,(H,33,39). The van der Waals surface area contributed by atoms with Crippen LogP contribution >= 0.6 is 0 Å². The van der Waals surface area contributed by atoms with E-state index < -0.39 is 180 Å². The lowest BCUT2D eigenvalue weighted by Crippen LogP contribution is -2.70. The minimum Gasteiger partial charge on any atom is -0.394 e. The van der Waals surface area contributed by atoms with Crippen molar-refractivity contribution in [2.24, 2.45) is 0 Å². The summed E-state index contributed by atoms with van der Waals surface area (Å²) in [5.41, 5.74) is 0. The molecule has 0 spiro atoms. The molecule has 4 saturated heterocycles. The predicted molar refractivity (Wildman–Crippen MR) is 178 cm³/mol. The third-order valence-corrected chi connectivity index (χ3v) is 10.2. The molecule has 4 fully saturated rings. The lowest BCUT2D eigenvalue weighted by molar-refractivity contribution is -0.375. The number of amides is 1. The van der Waals surface area contributed by atoms with Gasteiger partial charge >= 0.3 is 0 Å². The molecule has 0 aromatic carbocycles. The summed E-state index contributed by atoms with van der Waals surface area (Å²) >= 11 is 0. The fourth-order valence-corrected chi connectivity index (χ4v) is 6.91. The zero-order valence-electron chi connectivity index (χ0n) is 31.1. The van der Waals surface area contributed by atoms with Gasteiger partial charge in [-0.1, -0.05) is 0 Å². The van der Waals surface area contributed by atoms with Crippen molar-refractivity contribution in [1.29, 1.82) is 0 Å². The minimum absolute atomic E-state index is 0.101. The van der Waals surface area contributed by atoms with Crippen molar-refractivity contribution in [3.05, 3.63) is 0 Å². The Hall–Kier alpha value is -1.78. The van der Waals surface area contributed by atoms with Gasteiger partial charge in [-0.25, -0.2) is 0 Å². The summed E-state index contributed by atoms with van der Waals surface area (Å²) in [6.07, 6.45) is -43.9. The van der Waals surface area contributed by atoms with Gasteiger partial charge < -0.3 is 125 Å². The van der Waals surface area contributed by atoms with Crippen LogP contribution in [0.1, 0.15) is 13.8 Å². The molecule has 24 atom stereocenters. The molecule has 0 saturated carbocycles. The second-order valence-electron chi connectivity index (χ2n) is 14.3. The Balaban J connectivity index is 1.65. The van der Waals surface area contributed by atoms with E-state index in [1.165, 1.54) is 6.92 Å². The number of aldehydes is 1. The maximum atomic E-state index is 12.4. The van der Waals surface area contributed by atoms with E-state index in [2.05, 4.69) is 5.32 Å². The summed E-state index contributed by atoms with van der Waals surface area (Å²) < 4.78 is 44.8. The van der Waals surface area contributed by atoms with Gasteiger partial charge in [-0.05, 0) is 6.92 Å². The summed E-state index contributed by atoms with van der Waals surface area (Å²) in [5, 5.41) is 159. The molecule has 4 heterocycles. The third-order valence-electron chi connectivity index (χ3n) is 10.2. The van der Waals surface area contributed by atoms with Gasteiger partial charge in [-0.15, -0.1) is 0 Å². The van der Waals surface area contributed by atoms with Crippen molar-refractivity contribution < 1.29 is 124 Å². The molecule has 4 aliphatic heterocycles. The van der Waals surface area contributed by atoms with Crippen molar-refractivity contribution in [3.63, 3.8) is 0 Å². The van der Waals surface area contributed by atoms with Crippen LogP contribution in [-0.4, -0.2) is 262 Å². The quantitative estimate of drug-likeness (QED) is 0.0604. The first-order valence-corrected chi connectivity index (χ1v) is 18.2. The maximum absolute atomic E-state index is 12.4. The fourth-order valence-electron chi connectivity index (χ4n) is 6.91. The first kappa shape index (κ1) is 48.9. The first-order valence-electron chi connectivity index (χ1n) is 18.2. The Morgan fingerprint density at radius 1 is 0.603 bits per heavy atom. The number of hydrogen-bond acceptors (Lipinski definition) is 25. The molecule has 16 N–H and O–H groups in total. The number of aliphatic hydroxyl groups is 15. The Kier molecular flexibility index (Phi) is 18.0. The molecule has 0 bridgehead atoms. The molecule has 0 aromatic rings. The topological polar surface area (TPSA) is 423 Å². The SMILES string of the molecule is CC(=O)NC1C(OC2C(O)C(CO)OC(OC(C(O)CO)C(OC3OC(C)C(O)C(O)C3O)C(O)C=O)C2O)OC(CO)C(O)C1OC1OC(CO)C(O)C(O)C1O. The van der Waals surface area contributed by atoms with Gasteiger partial charge in [-0.3, -0.25) is 4.79 Å². The van der Waals surface area contributed by atoms with Gasteiger partial charge in [0.15, 0.2) is 31.4 Å². The van der Waals surface area contributed by atoms with Crippen LogP contribution in [-0.2, 0) is 47.5 Å². The van der Waals surface area contributed by atoms with E-state index in [0.29, 0.717) is 0 Å². The molecule has 24 unspecified atom stereocenters. The van der Waals surface area contributed by atoms with Crippen molar-refractivity contribution in [2.75, 3.05) is 26.4 Å². The van der Waals surface area contributed by atoms with Crippen LogP contribution in [0.4, 0.5) is 0 Å². The van der Waals surface area contributed by atoms with Crippen LogP contribution in [0.15, 0.2) is 0 Å². The second kappa shape index (κ2) is 21.3. The number of carbonyl (C=O) groups is 2. The summed E-state index contributed by atoms with van der Waals surface area (Å²) in [4.78, 5) is 24.3. The van der Waals surface area contributed by atoms with Gasteiger partial charge in [0, 0.05) is 6.92 Å². The van der Waals surface area contributed by atoms with Crippen LogP contribution in [0.2, 0.25) is 0 Å². The van der Waals surface area contributed by atoms with E-state index >= 15 is 0 Å². The fraction of sp³-hybridized carbons (Fsp3) is 0.938. The Labute approximate surface area is 329 Å². The van der Waals surface area contributed by atoms with Gasteiger partial charge in [0.25, 0.3) is 0 Å². The predicted octanol–water partition coefficient (Wildman–Crippen LogP) is -10.9. The van der Waals surface area contributed by atoms with Gasteiger partial charge in [0.2, 0.25) is 5.91 Å². The Morgan fingerprint density at radius 3 is 1.62 bits per heavy atom. The number of ether oxygens (including phenoxy) is 8. The highest BCUT2D eigenvalue weighted by Crippen LogP contribution is 2.34. The molecule has 58 heavy (non-hydrogen) atoms. The Bertz CT molecular complexity index is 1290. The summed E-state index contributed by atoms with van der Waals surface area (Å²) in [7, 11) is 0. The zero-order valence-corrected chi connectivity index (χ0v) is 31.1. The summed E-state index contributed by atoms with van der Waals surface area (Å²) in [6, 6.07) is -1.71. The molecular weight excluding hydrogens is 798 g/mol.